The standard InChI is InChI=1S/C17H32N2O/c1-5-8-15-18-16(12(3)6-2)17(20)19(15)11-14-10-7-9-13(14)4/h12-16,18H,5-11H2,1-4H3. The van der Waals surface area contributed by atoms with Crippen LogP contribution in [0.2, 0.25) is 0 Å². The molecule has 0 spiro atoms. The molecule has 3 heteroatoms. The van der Waals surface area contributed by atoms with E-state index in [1.54, 1.807) is 0 Å². The van der Waals surface area contributed by atoms with Crippen molar-refractivity contribution in [2.24, 2.45) is 17.8 Å². The number of carbonyl (C=O) groups is 1. The van der Waals surface area contributed by atoms with Crippen molar-refractivity contribution in [2.45, 2.75) is 78.4 Å². The molecule has 116 valence electrons. The molecule has 2 aliphatic rings. The molecule has 1 saturated carbocycles. The largest absolute Gasteiger partial charge is 0.326 e. The summed E-state index contributed by atoms with van der Waals surface area (Å²) in [6.45, 7) is 9.91. The van der Waals surface area contributed by atoms with E-state index in [1.165, 1.54) is 19.3 Å². The molecule has 1 heterocycles. The molecule has 5 atom stereocenters. The predicted octanol–water partition coefficient (Wildman–Crippen LogP) is 3.40. The van der Waals surface area contributed by atoms with Crippen molar-refractivity contribution in [1.29, 1.82) is 0 Å². The molecule has 0 bridgehead atoms. The normalized spacial score (nSPS) is 35.8. The summed E-state index contributed by atoms with van der Waals surface area (Å²) in [6.07, 6.45) is 7.55. The van der Waals surface area contributed by atoms with Gasteiger partial charge in [0.15, 0.2) is 0 Å². The van der Waals surface area contributed by atoms with Crippen LogP contribution in [0.4, 0.5) is 0 Å². The minimum atomic E-state index is 0.0493. The van der Waals surface area contributed by atoms with E-state index in [1.807, 2.05) is 0 Å². The number of amides is 1. The highest BCUT2D eigenvalue weighted by Gasteiger charge is 2.42. The third-order valence-electron chi connectivity index (χ3n) is 5.54. The number of carbonyl (C=O) groups excluding carboxylic acids is 1. The molecule has 1 amide bonds. The first-order valence-corrected chi connectivity index (χ1v) is 8.65. The number of hydrogen-bond donors (Lipinski definition) is 1. The van der Waals surface area contributed by atoms with Gasteiger partial charge in [-0.05, 0) is 30.6 Å². The summed E-state index contributed by atoms with van der Waals surface area (Å²) in [4.78, 5) is 14.9. The highest BCUT2D eigenvalue weighted by atomic mass is 16.2. The Bertz CT molecular complexity index is 331. The Morgan fingerprint density at radius 3 is 2.65 bits per heavy atom. The zero-order chi connectivity index (χ0) is 14.7. The molecule has 1 N–H and O–H groups in total. The van der Waals surface area contributed by atoms with E-state index in [9.17, 15) is 4.79 Å². The van der Waals surface area contributed by atoms with Gasteiger partial charge in [-0.3, -0.25) is 10.1 Å². The quantitative estimate of drug-likeness (QED) is 0.809. The lowest BCUT2D eigenvalue weighted by Gasteiger charge is -2.28. The van der Waals surface area contributed by atoms with Gasteiger partial charge in [0.05, 0.1) is 12.2 Å². The Morgan fingerprint density at radius 2 is 2.10 bits per heavy atom. The number of hydrogen-bond acceptors (Lipinski definition) is 2. The van der Waals surface area contributed by atoms with Gasteiger partial charge in [0.2, 0.25) is 5.91 Å². The van der Waals surface area contributed by atoms with Crippen LogP contribution in [0.5, 0.6) is 0 Å². The van der Waals surface area contributed by atoms with Crippen LogP contribution in [-0.4, -0.2) is 29.6 Å². The molecule has 5 unspecified atom stereocenters. The first-order chi connectivity index (χ1) is 9.58. The van der Waals surface area contributed by atoms with Gasteiger partial charge in [-0.25, -0.2) is 0 Å². The van der Waals surface area contributed by atoms with Crippen LogP contribution in [0.25, 0.3) is 0 Å². The van der Waals surface area contributed by atoms with E-state index in [2.05, 4.69) is 37.9 Å². The summed E-state index contributed by atoms with van der Waals surface area (Å²) in [5.74, 6) is 2.30. The average molecular weight is 280 g/mol. The van der Waals surface area contributed by atoms with Gasteiger partial charge in [-0.2, -0.15) is 0 Å². The molecule has 1 aliphatic carbocycles. The third-order valence-corrected chi connectivity index (χ3v) is 5.54. The second-order valence-corrected chi connectivity index (χ2v) is 6.99. The lowest BCUT2D eigenvalue weighted by molar-refractivity contribution is -0.131. The van der Waals surface area contributed by atoms with Crippen LogP contribution in [-0.2, 0) is 4.79 Å². The minimum absolute atomic E-state index is 0.0493. The molecular weight excluding hydrogens is 248 g/mol. The minimum Gasteiger partial charge on any atom is -0.326 e. The molecule has 1 aliphatic heterocycles. The third kappa shape index (κ3) is 3.19. The van der Waals surface area contributed by atoms with Crippen LogP contribution in [0.3, 0.4) is 0 Å². The van der Waals surface area contributed by atoms with Crippen molar-refractivity contribution in [3.05, 3.63) is 0 Å². The Balaban J connectivity index is 2.04. The number of rotatable bonds is 6. The SMILES string of the molecule is CCCC1NC(C(C)CC)C(=O)N1CC1CCCC1C. The summed E-state index contributed by atoms with van der Waals surface area (Å²) >= 11 is 0. The van der Waals surface area contributed by atoms with Gasteiger partial charge >= 0.3 is 0 Å². The van der Waals surface area contributed by atoms with E-state index in [0.717, 1.165) is 37.6 Å². The van der Waals surface area contributed by atoms with E-state index in [-0.39, 0.29) is 12.2 Å². The molecular formula is C17H32N2O. The first-order valence-electron chi connectivity index (χ1n) is 8.65. The highest BCUT2D eigenvalue weighted by molar-refractivity contribution is 5.84. The molecule has 2 rings (SSSR count). The van der Waals surface area contributed by atoms with Crippen molar-refractivity contribution < 1.29 is 4.79 Å². The lowest BCUT2D eigenvalue weighted by atomic mass is 9.96. The van der Waals surface area contributed by atoms with Crippen LogP contribution in [0.1, 0.15) is 66.2 Å². The molecule has 0 aromatic heterocycles. The summed E-state index contributed by atoms with van der Waals surface area (Å²) in [7, 11) is 0. The van der Waals surface area contributed by atoms with Crippen molar-refractivity contribution in [3.8, 4) is 0 Å². The molecule has 0 aromatic rings. The second kappa shape index (κ2) is 6.93. The zero-order valence-corrected chi connectivity index (χ0v) is 13.7. The number of nitrogens with one attached hydrogen (secondary N) is 1. The summed E-state index contributed by atoms with van der Waals surface area (Å²) < 4.78 is 0. The summed E-state index contributed by atoms with van der Waals surface area (Å²) in [5, 5.41) is 3.61. The number of nitrogens with zero attached hydrogens (tertiary/aromatic N) is 1. The van der Waals surface area contributed by atoms with E-state index in [4.69, 9.17) is 0 Å². The predicted molar refractivity (Wildman–Crippen MR) is 83.3 cm³/mol. The maximum atomic E-state index is 12.7. The van der Waals surface area contributed by atoms with Crippen LogP contribution >= 0.6 is 0 Å². The highest BCUT2D eigenvalue weighted by Crippen LogP contribution is 2.33. The van der Waals surface area contributed by atoms with Crippen molar-refractivity contribution in [3.63, 3.8) is 0 Å². The maximum absolute atomic E-state index is 12.7. The Hall–Kier alpha value is -0.570. The van der Waals surface area contributed by atoms with Gasteiger partial charge < -0.3 is 4.90 Å². The molecule has 2 fully saturated rings. The zero-order valence-electron chi connectivity index (χ0n) is 13.7. The fourth-order valence-corrected chi connectivity index (χ4v) is 3.82. The van der Waals surface area contributed by atoms with E-state index in [0.29, 0.717) is 11.8 Å². The van der Waals surface area contributed by atoms with Crippen LogP contribution < -0.4 is 5.32 Å². The topological polar surface area (TPSA) is 32.3 Å². The van der Waals surface area contributed by atoms with Gasteiger partial charge in [-0.15, -0.1) is 0 Å². The Labute approximate surface area is 124 Å². The summed E-state index contributed by atoms with van der Waals surface area (Å²) in [5.41, 5.74) is 0. The first kappa shape index (κ1) is 15.8. The van der Waals surface area contributed by atoms with Gasteiger partial charge in [-0.1, -0.05) is 53.4 Å². The average Bonchev–Trinajstić information content (AvgIpc) is 2.97. The van der Waals surface area contributed by atoms with Crippen LogP contribution in [0, 0.1) is 17.8 Å². The Morgan fingerprint density at radius 1 is 1.35 bits per heavy atom. The summed E-state index contributed by atoms with van der Waals surface area (Å²) in [6, 6.07) is 0.0493. The molecule has 0 aromatic carbocycles. The van der Waals surface area contributed by atoms with Crippen molar-refractivity contribution in [1.82, 2.24) is 10.2 Å². The maximum Gasteiger partial charge on any atom is 0.241 e. The Kier molecular flexibility index (Phi) is 5.48. The molecule has 20 heavy (non-hydrogen) atoms. The molecule has 0 radical (unpaired) electrons. The van der Waals surface area contributed by atoms with Gasteiger partial charge in [0.1, 0.15) is 0 Å². The molecule has 3 nitrogen and oxygen atoms in total. The van der Waals surface area contributed by atoms with Gasteiger partial charge in [0.25, 0.3) is 0 Å². The van der Waals surface area contributed by atoms with Crippen molar-refractivity contribution in [2.75, 3.05) is 6.54 Å². The van der Waals surface area contributed by atoms with E-state index >= 15 is 0 Å². The fourth-order valence-electron chi connectivity index (χ4n) is 3.82. The monoisotopic (exact) mass is 280 g/mol. The fraction of sp³-hybridized carbons (Fsp3) is 0.941. The van der Waals surface area contributed by atoms with Gasteiger partial charge in [0, 0.05) is 6.54 Å². The van der Waals surface area contributed by atoms with Crippen LogP contribution in [0.15, 0.2) is 0 Å². The van der Waals surface area contributed by atoms with Crippen molar-refractivity contribution >= 4 is 5.91 Å². The second-order valence-electron chi connectivity index (χ2n) is 6.99. The smallest absolute Gasteiger partial charge is 0.241 e. The lowest BCUT2D eigenvalue weighted by Crippen LogP contribution is -2.40. The molecule has 1 saturated heterocycles. The van der Waals surface area contributed by atoms with E-state index < -0.39 is 0 Å².